The van der Waals surface area contributed by atoms with Crippen molar-refractivity contribution in [2.45, 2.75) is 6.42 Å². The summed E-state index contributed by atoms with van der Waals surface area (Å²) in [7, 11) is 0. The molecule has 1 aromatic carbocycles. The number of hydrogen-bond acceptors (Lipinski definition) is 4. The second kappa shape index (κ2) is 6.51. The number of hydrogen-bond donors (Lipinski definition) is 1. The molecular formula is C14H12FN3O2. The first-order valence-corrected chi connectivity index (χ1v) is 5.96. The summed E-state index contributed by atoms with van der Waals surface area (Å²) in [6.45, 7) is -0.117. The van der Waals surface area contributed by atoms with E-state index in [1.807, 2.05) is 0 Å². The van der Waals surface area contributed by atoms with E-state index >= 15 is 0 Å². The summed E-state index contributed by atoms with van der Waals surface area (Å²) in [5.41, 5.74) is 0.696. The summed E-state index contributed by atoms with van der Waals surface area (Å²) in [6.07, 6.45) is 3.03. The van der Waals surface area contributed by atoms with E-state index in [0.717, 1.165) is 0 Å². The molecule has 6 heteroatoms. The van der Waals surface area contributed by atoms with Crippen LogP contribution < -0.4 is 5.32 Å². The topological polar surface area (TPSA) is 72.0 Å². The number of nitrogens with one attached hydrogen (secondary N) is 1. The quantitative estimate of drug-likeness (QED) is 0.887. The Morgan fingerprint density at radius 3 is 2.40 bits per heavy atom. The molecule has 0 saturated carbocycles. The number of Topliss-reactive ketones (excluding diaryl/α,β-unsaturated/α-hetero) is 1. The number of carbonyl (C=O) groups excluding carboxylic acids is 2. The molecule has 0 saturated heterocycles. The second-order valence-corrected chi connectivity index (χ2v) is 4.10. The first-order chi connectivity index (χ1) is 9.65. The molecule has 1 aromatic heterocycles. The SMILES string of the molecule is O=C(CNC(=O)c1ncccn1)Cc1ccc(F)cc1. The van der Waals surface area contributed by atoms with Gasteiger partial charge in [0.25, 0.3) is 5.91 Å². The van der Waals surface area contributed by atoms with Crippen molar-refractivity contribution in [2.24, 2.45) is 0 Å². The predicted octanol–water partition coefficient (Wildman–Crippen LogP) is 1.16. The molecule has 0 unspecified atom stereocenters. The van der Waals surface area contributed by atoms with E-state index in [1.165, 1.54) is 36.7 Å². The minimum absolute atomic E-state index is 0.0158. The third kappa shape index (κ3) is 3.94. The number of carbonyl (C=O) groups is 2. The van der Waals surface area contributed by atoms with Crippen molar-refractivity contribution >= 4 is 11.7 Å². The van der Waals surface area contributed by atoms with Gasteiger partial charge in [-0.2, -0.15) is 0 Å². The van der Waals surface area contributed by atoms with Crippen LogP contribution in [0.15, 0.2) is 42.7 Å². The van der Waals surface area contributed by atoms with Crippen molar-refractivity contribution in [2.75, 3.05) is 6.54 Å². The molecule has 2 aromatic rings. The normalized spacial score (nSPS) is 10.1. The summed E-state index contributed by atoms with van der Waals surface area (Å²) in [5, 5.41) is 2.44. The molecule has 0 aliphatic carbocycles. The van der Waals surface area contributed by atoms with Crippen LogP contribution in [0.2, 0.25) is 0 Å². The van der Waals surface area contributed by atoms with Crippen molar-refractivity contribution in [1.82, 2.24) is 15.3 Å². The van der Waals surface area contributed by atoms with E-state index in [4.69, 9.17) is 0 Å². The Balaban J connectivity index is 1.83. The van der Waals surface area contributed by atoms with E-state index < -0.39 is 5.91 Å². The fourth-order valence-corrected chi connectivity index (χ4v) is 1.57. The van der Waals surface area contributed by atoms with Crippen molar-refractivity contribution in [3.63, 3.8) is 0 Å². The Kier molecular flexibility index (Phi) is 4.49. The van der Waals surface area contributed by atoms with Crippen molar-refractivity contribution < 1.29 is 14.0 Å². The highest BCUT2D eigenvalue weighted by Gasteiger charge is 2.10. The van der Waals surface area contributed by atoms with Gasteiger partial charge in [0.1, 0.15) is 5.82 Å². The smallest absolute Gasteiger partial charge is 0.289 e. The molecule has 0 bridgehead atoms. The van der Waals surface area contributed by atoms with Crippen LogP contribution in [0.3, 0.4) is 0 Å². The number of halogens is 1. The average molecular weight is 273 g/mol. The number of amides is 1. The first kappa shape index (κ1) is 13.8. The lowest BCUT2D eigenvalue weighted by Gasteiger charge is -2.03. The molecule has 0 atom stereocenters. The van der Waals surface area contributed by atoms with Crippen LogP contribution in [-0.2, 0) is 11.2 Å². The van der Waals surface area contributed by atoms with Crippen molar-refractivity contribution in [3.8, 4) is 0 Å². The van der Waals surface area contributed by atoms with Crippen LogP contribution in [0.5, 0.6) is 0 Å². The lowest BCUT2D eigenvalue weighted by molar-refractivity contribution is -0.117. The highest BCUT2D eigenvalue weighted by molar-refractivity contribution is 5.94. The van der Waals surface area contributed by atoms with Gasteiger partial charge in [0.15, 0.2) is 5.78 Å². The Labute approximate surface area is 114 Å². The van der Waals surface area contributed by atoms with Gasteiger partial charge in [-0.3, -0.25) is 9.59 Å². The summed E-state index contributed by atoms with van der Waals surface area (Å²) >= 11 is 0. The second-order valence-electron chi connectivity index (χ2n) is 4.10. The van der Waals surface area contributed by atoms with E-state index in [2.05, 4.69) is 15.3 Å². The standard InChI is InChI=1S/C14H12FN3O2/c15-11-4-2-10(3-5-11)8-12(19)9-18-14(20)13-16-6-1-7-17-13/h1-7H,8-9H2,(H,18,20). The fraction of sp³-hybridized carbons (Fsp3) is 0.143. The lowest BCUT2D eigenvalue weighted by Crippen LogP contribution is -2.31. The van der Waals surface area contributed by atoms with E-state index in [0.29, 0.717) is 5.56 Å². The van der Waals surface area contributed by atoms with Gasteiger partial charge in [-0.1, -0.05) is 12.1 Å². The molecule has 0 aliphatic heterocycles. The third-order valence-electron chi connectivity index (χ3n) is 2.53. The molecule has 1 heterocycles. The zero-order chi connectivity index (χ0) is 14.4. The van der Waals surface area contributed by atoms with Gasteiger partial charge in [-0.05, 0) is 23.8 Å². The summed E-state index contributed by atoms with van der Waals surface area (Å²) < 4.78 is 12.7. The summed E-state index contributed by atoms with van der Waals surface area (Å²) in [5.74, 6) is -1.02. The van der Waals surface area contributed by atoms with Crippen molar-refractivity contribution in [1.29, 1.82) is 0 Å². The Morgan fingerprint density at radius 2 is 1.75 bits per heavy atom. The molecule has 102 valence electrons. The highest BCUT2D eigenvalue weighted by Crippen LogP contribution is 2.03. The number of nitrogens with zero attached hydrogens (tertiary/aromatic N) is 2. The van der Waals surface area contributed by atoms with E-state index in [1.54, 1.807) is 6.07 Å². The zero-order valence-corrected chi connectivity index (χ0v) is 10.5. The molecule has 0 spiro atoms. The van der Waals surface area contributed by atoms with Gasteiger partial charge in [0.2, 0.25) is 5.82 Å². The molecule has 1 amide bonds. The maximum atomic E-state index is 12.7. The molecular weight excluding hydrogens is 261 g/mol. The monoisotopic (exact) mass is 273 g/mol. The maximum Gasteiger partial charge on any atom is 0.289 e. The average Bonchev–Trinajstić information content (AvgIpc) is 2.48. The number of rotatable bonds is 5. The Morgan fingerprint density at radius 1 is 1.10 bits per heavy atom. The molecule has 20 heavy (non-hydrogen) atoms. The minimum Gasteiger partial charge on any atom is -0.342 e. The van der Waals surface area contributed by atoms with Crippen LogP contribution in [0.25, 0.3) is 0 Å². The summed E-state index contributed by atoms with van der Waals surface area (Å²) in [6, 6.07) is 7.25. The fourth-order valence-electron chi connectivity index (χ4n) is 1.57. The number of benzene rings is 1. The minimum atomic E-state index is -0.502. The van der Waals surface area contributed by atoms with Gasteiger partial charge < -0.3 is 5.32 Å². The number of aromatic nitrogens is 2. The maximum absolute atomic E-state index is 12.7. The molecule has 0 aliphatic rings. The van der Waals surface area contributed by atoms with Gasteiger partial charge in [-0.25, -0.2) is 14.4 Å². The van der Waals surface area contributed by atoms with Gasteiger partial charge >= 0.3 is 0 Å². The number of ketones is 1. The lowest BCUT2D eigenvalue weighted by atomic mass is 10.1. The Hall–Kier alpha value is -2.63. The van der Waals surface area contributed by atoms with Crippen LogP contribution in [0.4, 0.5) is 4.39 Å². The molecule has 1 N–H and O–H groups in total. The van der Waals surface area contributed by atoms with Crippen LogP contribution >= 0.6 is 0 Å². The molecule has 0 fully saturated rings. The van der Waals surface area contributed by atoms with Crippen LogP contribution in [0.1, 0.15) is 16.2 Å². The van der Waals surface area contributed by atoms with E-state index in [9.17, 15) is 14.0 Å². The summed E-state index contributed by atoms with van der Waals surface area (Å²) in [4.78, 5) is 30.8. The first-order valence-electron chi connectivity index (χ1n) is 5.96. The highest BCUT2D eigenvalue weighted by atomic mass is 19.1. The molecule has 2 rings (SSSR count). The van der Waals surface area contributed by atoms with Gasteiger partial charge in [0.05, 0.1) is 6.54 Å². The predicted molar refractivity (Wildman–Crippen MR) is 69.5 cm³/mol. The third-order valence-corrected chi connectivity index (χ3v) is 2.53. The van der Waals surface area contributed by atoms with Crippen molar-refractivity contribution in [3.05, 3.63) is 59.9 Å². The molecule has 5 nitrogen and oxygen atoms in total. The van der Waals surface area contributed by atoms with Crippen LogP contribution in [-0.4, -0.2) is 28.2 Å². The van der Waals surface area contributed by atoms with Gasteiger partial charge in [0, 0.05) is 18.8 Å². The van der Waals surface area contributed by atoms with E-state index in [-0.39, 0.29) is 30.4 Å². The van der Waals surface area contributed by atoms with Crippen LogP contribution in [0, 0.1) is 5.82 Å². The largest absolute Gasteiger partial charge is 0.342 e. The Bertz CT molecular complexity index is 600. The molecule has 0 radical (unpaired) electrons. The van der Waals surface area contributed by atoms with Gasteiger partial charge in [-0.15, -0.1) is 0 Å². The zero-order valence-electron chi connectivity index (χ0n) is 10.5.